The van der Waals surface area contributed by atoms with Gasteiger partial charge in [-0.1, -0.05) is 0 Å². The SMILES string of the molecule is CCOCCCC(=O)NCCC(=O)OC. The Balaban J connectivity index is 3.29. The largest absolute Gasteiger partial charge is 0.469 e. The molecule has 0 aromatic heterocycles. The lowest BCUT2D eigenvalue weighted by Crippen LogP contribution is -2.26. The van der Waals surface area contributed by atoms with Gasteiger partial charge in [0.1, 0.15) is 0 Å². The molecule has 0 bridgehead atoms. The van der Waals surface area contributed by atoms with Crippen LogP contribution in [0.25, 0.3) is 0 Å². The maximum Gasteiger partial charge on any atom is 0.307 e. The second-order valence-corrected chi connectivity index (χ2v) is 2.98. The van der Waals surface area contributed by atoms with Gasteiger partial charge in [-0.15, -0.1) is 0 Å². The Hall–Kier alpha value is -1.10. The fraction of sp³-hybridized carbons (Fsp3) is 0.800. The third-order valence-electron chi connectivity index (χ3n) is 1.78. The number of carbonyl (C=O) groups is 2. The van der Waals surface area contributed by atoms with E-state index in [4.69, 9.17) is 4.74 Å². The molecule has 0 aromatic rings. The normalized spacial score (nSPS) is 9.73. The predicted octanol–water partition coefficient (Wildman–Crippen LogP) is 0.482. The Bertz CT molecular complexity index is 194. The first-order valence-electron chi connectivity index (χ1n) is 5.12. The number of nitrogens with one attached hydrogen (secondary N) is 1. The molecule has 0 saturated carbocycles. The second-order valence-electron chi connectivity index (χ2n) is 2.98. The monoisotopic (exact) mass is 217 g/mol. The van der Waals surface area contributed by atoms with Gasteiger partial charge in [0.05, 0.1) is 13.5 Å². The van der Waals surface area contributed by atoms with Crippen molar-refractivity contribution in [3.63, 3.8) is 0 Å². The third kappa shape index (κ3) is 9.21. The fourth-order valence-corrected chi connectivity index (χ4v) is 0.974. The van der Waals surface area contributed by atoms with Crippen molar-refractivity contribution < 1.29 is 19.1 Å². The summed E-state index contributed by atoms with van der Waals surface area (Å²) >= 11 is 0. The van der Waals surface area contributed by atoms with Gasteiger partial charge in [-0.2, -0.15) is 0 Å². The molecule has 0 aliphatic heterocycles. The van der Waals surface area contributed by atoms with E-state index in [0.717, 1.165) is 0 Å². The summed E-state index contributed by atoms with van der Waals surface area (Å²) in [5.41, 5.74) is 0. The predicted molar refractivity (Wildman–Crippen MR) is 55.4 cm³/mol. The number of hydrogen-bond acceptors (Lipinski definition) is 4. The van der Waals surface area contributed by atoms with Crippen molar-refractivity contribution in [1.82, 2.24) is 5.32 Å². The number of esters is 1. The number of hydrogen-bond donors (Lipinski definition) is 1. The highest BCUT2D eigenvalue weighted by Gasteiger charge is 2.03. The third-order valence-corrected chi connectivity index (χ3v) is 1.78. The molecule has 5 nitrogen and oxygen atoms in total. The highest BCUT2D eigenvalue weighted by molar-refractivity contribution is 5.76. The molecule has 0 atom stereocenters. The highest BCUT2D eigenvalue weighted by atomic mass is 16.5. The second kappa shape index (κ2) is 9.45. The standard InChI is InChI=1S/C10H19NO4/c1-3-15-8-4-5-9(12)11-7-6-10(13)14-2/h3-8H2,1-2H3,(H,11,12). The van der Waals surface area contributed by atoms with E-state index in [1.165, 1.54) is 7.11 Å². The zero-order chi connectivity index (χ0) is 11.5. The molecule has 1 N–H and O–H groups in total. The van der Waals surface area contributed by atoms with Crippen LogP contribution < -0.4 is 5.32 Å². The van der Waals surface area contributed by atoms with Crippen molar-refractivity contribution in [3.05, 3.63) is 0 Å². The molecule has 0 heterocycles. The van der Waals surface area contributed by atoms with Crippen molar-refractivity contribution in [2.45, 2.75) is 26.2 Å². The number of rotatable bonds is 8. The van der Waals surface area contributed by atoms with E-state index in [1.807, 2.05) is 6.92 Å². The summed E-state index contributed by atoms with van der Waals surface area (Å²) in [5.74, 6) is -0.372. The first-order chi connectivity index (χ1) is 7.20. The van der Waals surface area contributed by atoms with Gasteiger partial charge in [-0.3, -0.25) is 9.59 Å². The Labute approximate surface area is 90.1 Å². The van der Waals surface area contributed by atoms with Crippen molar-refractivity contribution in [2.75, 3.05) is 26.9 Å². The number of ether oxygens (including phenoxy) is 2. The first-order valence-corrected chi connectivity index (χ1v) is 5.12. The van der Waals surface area contributed by atoms with Gasteiger partial charge in [0.2, 0.25) is 5.91 Å². The van der Waals surface area contributed by atoms with Gasteiger partial charge in [0, 0.05) is 26.2 Å². The van der Waals surface area contributed by atoms with Gasteiger partial charge >= 0.3 is 5.97 Å². The number of amides is 1. The van der Waals surface area contributed by atoms with Gasteiger partial charge in [-0.25, -0.2) is 0 Å². The van der Waals surface area contributed by atoms with E-state index in [1.54, 1.807) is 0 Å². The van der Waals surface area contributed by atoms with Crippen molar-refractivity contribution >= 4 is 11.9 Å². The van der Waals surface area contributed by atoms with Crippen LogP contribution >= 0.6 is 0 Å². The maximum absolute atomic E-state index is 11.2. The first kappa shape index (κ1) is 13.9. The van der Waals surface area contributed by atoms with Crippen LogP contribution in [0.2, 0.25) is 0 Å². The summed E-state index contributed by atoms with van der Waals surface area (Å²) < 4.78 is 9.52. The van der Waals surface area contributed by atoms with Gasteiger partial charge in [0.15, 0.2) is 0 Å². The summed E-state index contributed by atoms with van der Waals surface area (Å²) in [7, 11) is 1.33. The van der Waals surface area contributed by atoms with E-state index >= 15 is 0 Å². The quantitative estimate of drug-likeness (QED) is 0.474. The minimum atomic E-state index is -0.315. The van der Waals surface area contributed by atoms with Crippen LogP contribution in [0.4, 0.5) is 0 Å². The van der Waals surface area contributed by atoms with Gasteiger partial charge in [0.25, 0.3) is 0 Å². The molecule has 0 spiro atoms. The van der Waals surface area contributed by atoms with E-state index in [2.05, 4.69) is 10.1 Å². The summed E-state index contributed by atoms with van der Waals surface area (Å²) in [6, 6.07) is 0. The minimum Gasteiger partial charge on any atom is -0.469 e. The molecular weight excluding hydrogens is 198 g/mol. The zero-order valence-corrected chi connectivity index (χ0v) is 9.38. The molecule has 88 valence electrons. The average molecular weight is 217 g/mol. The summed E-state index contributed by atoms with van der Waals surface area (Å²) in [4.78, 5) is 21.9. The molecule has 0 aliphatic carbocycles. The van der Waals surface area contributed by atoms with Crippen LogP contribution in [-0.4, -0.2) is 38.7 Å². The number of carbonyl (C=O) groups excluding carboxylic acids is 2. The molecule has 0 radical (unpaired) electrons. The van der Waals surface area contributed by atoms with E-state index in [-0.39, 0.29) is 18.3 Å². The lowest BCUT2D eigenvalue weighted by atomic mass is 10.3. The molecule has 0 rings (SSSR count). The van der Waals surface area contributed by atoms with Crippen molar-refractivity contribution in [2.24, 2.45) is 0 Å². The lowest BCUT2D eigenvalue weighted by Gasteiger charge is -2.04. The van der Waals surface area contributed by atoms with E-state index in [9.17, 15) is 9.59 Å². The van der Waals surface area contributed by atoms with Crippen LogP contribution in [-0.2, 0) is 19.1 Å². The minimum absolute atomic E-state index is 0.0568. The molecule has 0 aromatic carbocycles. The van der Waals surface area contributed by atoms with Crippen LogP contribution in [0.1, 0.15) is 26.2 Å². The molecule has 15 heavy (non-hydrogen) atoms. The molecule has 0 fully saturated rings. The Morgan fingerprint density at radius 2 is 2.00 bits per heavy atom. The van der Waals surface area contributed by atoms with E-state index < -0.39 is 0 Å². The van der Waals surface area contributed by atoms with Crippen LogP contribution in [0.3, 0.4) is 0 Å². The Kier molecular flexibility index (Phi) is 8.76. The summed E-state index contributed by atoms with van der Waals surface area (Å²) in [6.07, 6.45) is 1.35. The topological polar surface area (TPSA) is 64.6 Å². The molecular formula is C10H19NO4. The van der Waals surface area contributed by atoms with E-state index in [0.29, 0.717) is 32.6 Å². The molecule has 0 aliphatic rings. The van der Waals surface area contributed by atoms with Crippen LogP contribution in [0, 0.1) is 0 Å². The van der Waals surface area contributed by atoms with Gasteiger partial charge in [-0.05, 0) is 13.3 Å². The highest BCUT2D eigenvalue weighted by Crippen LogP contribution is 1.90. The summed E-state index contributed by atoms with van der Waals surface area (Å²) in [6.45, 7) is 3.52. The van der Waals surface area contributed by atoms with Crippen molar-refractivity contribution in [3.8, 4) is 0 Å². The average Bonchev–Trinajstić information content (AvgIpc) is 2.24. The lowest BCUT2D eigenvalue weighted by molar-refractivity contribution is -0.140. The molecule has 0 unspecified atom stereocenters. The smallest absolute Gasteiger partial charge is 0.307 e. The molecule has 5 heteroatoms. The molecule has 1 amide bonds. The van der Waals surface area contributed by atoms with Crippen molar-refractivity contribution in [1.29, 1.82) is 0 Å². The Morgan fingerprint density at radius 3 is 2.60 bits per heavy atom. The Morgan fingerprint density at radius 1 is 1.27 bits per heavy atom. The molecule has 0 saturated heterocycles. The van der Waals surface area contributed by atoms with Crippen LogP contribution in [0.15, 0.2) is 0 Å². The summed E-state index contributed by atoms with van der Waals surface area (Å²) in [5, 5.41) is 2.63. The van der Waals surface area contributed by atoms with Crippen LogP contribution in [0.5, 0.6) is 0 Å². The zero-order valence-electron chi connectivity index (χ0n) is 9.38. The maximum atomic E-state index is 11.2. The fourth-order valence-electron chi connectivity index (χ4n) is 0.974. The van der Waals surface area contributed by atoms with Gasteiger partial charge < -0.3 is 14.8 Å². The number of methoxy groups -OCH3 is 1.